The monoisotopic (exact) mass is 294 g/mol. The number of rotatable bonds is 3. The summed E-state index contributed by atoms with van der Waals surface area (Å²) in [4.78, 5) is 16.6. The van der Waals surface area contributed by atoms with E-state index in [1.165, 1.54) is 23.1 Å². The van der Waals surface area contributed by atoms with Crippen LogP contribution in [0.4, 0.5) is 0 Å². The van der Waals surface area contributed by atoms with Crippen molar-refractivity contribution in [2.24, 2.45) is 7.05 Å². The van der Waals surface area contributed by atoms with E-state index in [1.807, 2.05) is 11.4 Å². The van der Waals surface area contributed by atoms with Crippen molar-refractivity contribution < 1.29 is 4.42 Å². The molecule has 0 aliphatic heterocycles. The van der Waals surface area contributed by atoms with Crippen LogP contribution in [0.2, 0.25) is 0 Å². The van der Waals surface area contributed by atoms with E-state index in [9.17, 15) is 4.79 Å². The molecule has 0 radical (unpaired) electrons. The Bertz CT molecular complexity index is 789. The zero-order valence-electron chi connectivity index (χ0n) is 10.3. The molecular formula is C11H10N4O2S2. The maximum atomic E-state index is 12.1. The van der Waals surface area contributed by atoms with E-state index >= 15 is 0 Å². The van der Waals surface area contributed by atoms with Crippen LogP contribution >= 0.6 is 23.1 Å². The van der Waals surface area contributed by atoms with E-state index in [-0.39, 0.29) is 5.56 Å². The third kappa shape index (κ3) is 2.28. The van der Waals surface area contributed by atoms with Crippen LogP contribution in [-0.4, -0.2) is 19.7 Å². The first-order chi connectivity index (χ1) is 9.15. The van der Waals surface area contributed by atoms with Crippen LogP contribution in [0, 0.1) is 6.92 Å². The highest BCUT2D eigenvalue weighted by Crippen LogP contribution is 2.22. The van der Waals surface area contributed by atoms with Crippen LogP contribution in [0.5, 0.6) is 0 Å². The van der Waals surface area contributed by atoms with Gasteiger partial charge in [0.15, 0.2) is 5.16 Å². The number of hydrogen-bond donors (Lipinski definition) is 0. The van der Waals surface area contributed by atoms with Gasteiger partial charge in [0, 0.05) is 14.0 Å². The molecule has 3 heterocycles. The quantitative estimate of drug-likeness (QED) is 0.543. The smallest absolute Gasteiger partial charge is 0.271 e. The Morgan fingerprint density at radius 3 is 3.05 bits per heavy atom. The molecule has 3 aromatic rings. The van der Waals surface area contributed by atoms with E-state index in [4.69, 9.17) is 4.42 Å². The fraction of sp³-hybridized carbons (Fsp3) is 0.273. The topological polar surface area (TPSA) is 73.8 Å². The summed E-state index contributed by atoms with van der Waals surface area (Å²) in [6.45, 7) is 1.74. The molecule has 3 aromatic heterocycles. The van der Waals surface area contributed by atoms with Gasteiger partial charge in [0.05, 0.1) is 11.3 Å². The molecule has 19 heavy (non-hydrogen) atoms. The molecule has 0 saturated heterocycles. The number of hydrogen-bond acceptors (Lipinski definition) is 7. The molecule has 0 unspecified atom stereocenters. The van der Waals surface area contributed by atoms with Crippen LogP contribution in [-0.2, 0) is 12.8 Å². The minimum absolute atomic E-state index is 0.0239. The van der Waals surface area contributed by atoms with Gasteiger partial charge in [-0.25, -0.2) is 4.98 Å². The van der Waals surface area contributed by atoms with Gasteiger partial charge in [-0.05, 0) is 11.4 Å². The molecule has 8 heteroatoms. The van der Waals surface area contributed by atoms with Gasteiger partial charge in [0.2, 0.25) is 11.8 Å². The number of aromatic nitrogens is 4. The molecule has 0 bridgehead atoms. The highest BCUT2D eigenvalue weighted by Gasteiger charge is 2.11. The van der Waals surface area contributed by atoms with Gasteiger partial charge < -0.3 is 4.42 Å². The number of fused-ring (bicyclic) bond motifs is 1. The third-order valence-electron chi connectivity index (χ3n) is 2.54. The molecule has 3 rings (SSSR count). The van der Waals surface area contributed by atoms with Gasteiger partial charge in [0.25, 0.3) is 5.56 Å². The van der Waals surface area contributed by atoms with Crippen molar-refractivity contribution in [1.29, 1.82) is 0 Å². The molecule has 98 valence electrons. The Morgan fingerprint density at radius 1 is 1.47 bits per heavy atom. The summed E-state index contributed by atoms with van der Waals surface area (Å²) in [7, 11) is 1.72. The van der Waals surface area contributed by atoms with Crippen molar-refractivity contribution in [3.63, 3.8) is 0 Å². The summed E-state index contributed by atoms with van der Waals surface area (Å²) in [5, 5.41) is 10.2. The SMILES string of the molecule is Cc1nnc(CSc2nc3ccsc3c(=O)n2C)o1. The van der Waals surface area contributed by atoms with E-state index < -0.39 is 0 Å². The summed E-state index contributed by atoms with van der Waals surface area (Å²) in [5.41, 5.74) is 0.710. The van der Waals surface area contributed by atoms with Crippen LogP contribution in [0.3, 0.4) is 0 Å². The molecule has 6 nitrogen and oxygen atoms in total. The number of nitrogens with zero attached hydrogens (tertiary/aromatic N) is 4. The molecule has 0 aliphatic carbocycles. The molecule has 0 aliphatic rings. The number of aryl methyl sites for hydroxylation is 1. The van der Waals surface area contributed by atoms with Gasteiger partial charge in [0.1, 0.15) is 4.70 Å². The van der Waals surface area contributed by atoms with Crippen LogP contribution in [0.25, 0.3) is 10.2 Å². The van der Waals surface area contributed by atoms with E-state index in [1.54, 1.807) is 18.5 Å². The fourth-order valence-corrected chi connectivity index (χ4v) is 3.23. The lowest BCUT2D eigenvalue weighted by Gasteiger charge is -2.05. The molecule has 0 N–H and O–H groups in total. The Kier molecular flexibility index (Phi) is 3.11. The maximum Gasteiger partial charge on any atom is 0.271 e. The van der Waals surface area contributed by atoms with Crippen molar-refractivity contribution in [3.8, 4) is 0 Å². The van der Waals surface area contributed by atoms with Crippen LogP contribution < -0.4 is 5.56 Å². The first-order valence-electron chi connectivity index (χ1n) is 5.51. The molecule has 0 spiro atoms. The van der Waals surface area contributed by atoms with Crippen LogP contribution in [0.15, 0.2) is 25.8 Å². The summed E-state index contributed by atoms with van der Waals surface area (Å²) in [6, 6.07) is 1.85. The average Bonchev–Trinajstić information content (AvgIpc) is 3.01. The number of thiophene rings is 1. The highest BCUT2D eigenvalue weighted by atomic mass is 32.2. The summed E-state index contributed by atoms with van der Waals surface area (Å²) >= 11 is 2.81. The Labute approximate surface area is 116 Å². The molecule has 0 saturated carbocycles. The summed E-state index contributed by atoms with van der Waals surface area (Å²) < 4.78 is 7.52. The summed E-state index contributed by atoms with van der Waals surface area (Å²) in [6.07, 6.45) is 0. The second kappa shape index (κ2) is 4.78. The van der Waals surface area contributed by atoms with Gasteiger partial charge in [-0.15, -0.1) is 21.5 Å². The van der Waals surface area contributed by atoms with Crippen molar-refractivity contribution in [2.75, 3.05) is 0 Å². The van der Waals surface area contributed by atoms with Gasteiger partial charge in [-0.1, -0.05) is 11.8 Å². The molecule has 0 atom stereocenters. The number of thioether (sulfide) groups is 1. The minimum Gasteiger partial charge on any atom is -0.425 e. The molecule has 0 fully saturated rings. The zero-order valence-corrected chi connectivity index (χ0v) is 11.9. The predicted octanol–water partition coefficient (Wildman–Crippen LogP) is 1.98. The third-order valence-corrected chi connectivity index (χ3v) is 4.45. The molecular weight excluding hydrogens is 284 g/mol. The minimum atomic E-state index is -0.0239. The lowest BCUT2D eigenvalue weighted by Crippen LogP contribution is -2.18. The Hall–Kier alpha value is -1.67. The van der Waals surface area contributed by atoms with Gasteiger partial charge >= 0.3 is 0 Å². The van der Waals surface area contributed by atoms with Gasteiger partial charge in [-0.3, -0.25) is 9.36 Å². The van der Waals surface area contributed by atoms with Crippen molar-refractivity contribution in [2.45, 2.75) is 17.8 Å². The lowest BCUT2D eigenvalue weighted by atomic mass is 10.5. The molecule has 0 aromatic carbocycles. The van der Waals surface area contributed by atoms with Crippen molar-refractivity contribution in [1.82, 2.24) is 19.7 Å². The largest absolute Gasteiger partial charge is 0.425 e. The van der Waals surface area contributed by atoms with Crippen LogP contribution in [0.1, 0.15) is 11.8 Å². The predicted molar refractivity (Wildman–Crippen MR) is 73.5 cm³/mol. The lowest BCUT2D eigenvalue weighted by molar-refractivity contribution is 0.485. The first kappa shape index (κ1) is 12.4. The highest BCUT2D eigenvalue weighted by molar-refractivity contribution is 7.98. The first-order valence-corrected chi connectivity index (χ1v) is 7.37. The second-order valence-electron chi connectivity index (χ2n) is 3.90. The standard InChI is InChI=1S/C11H10N4O2S2/c1-6-13-14-8(17-6)5-19-11-12-7-3-4-18-9(7)10(16)15(11)2/h3-4H,5H2,1-2H3. The van der Waals surface area contributed by atoms with E-state index in [2.05, 4.69) is 15.2 Å². The van der Waals surface area contributed by atoms with E-state index in [0.717, 1.165) is 5.52 Å². The maximum absolute atomic E-state index is 12.1. The van der Waals surface area contributed by atoms with Crippen molar-refractivity contribution >= 4 is 33.3 Å². The normalized spacial score (nSPS) is 11.3. The Morgan fingerprint density at radius 2 is 2.32 bits per heavy atom. The van der Waals surface area contributed by atoms with Crippen molar-refractivity contribution in [3.05, 3.63) is 33.6 Å². The van der Waals surface area contributed by atoms with E-state index in [0.29, 0.717) is 27.4 Å². The fourth-order valence-electron chi connectivity index (χ4n) is 1.62. The molecule has 0 amide bonds. The zero-order chi connectivity index (χ0) is 13.4. The van der Waals surface area contributed by atoms with Gasteiger partial charge in [-0.2, -0.15) is 0 Å². The second-order valence-corrected chi connectivity index (χ2v) is 5.76. The Balaban J connectivity index is 1.92. The summed E-state index contributed by atoms with van der Waals surface area (Å²) in [5.74, 6) is 1.56. The average molecular weight is 294 g/mol.